The van der Waals surface area contributed by atoms with Crippen LogP contribution in [0.2, 0.25) is 0 Å². The highest BCUT2D eigenvalue weighted by Crippen LogP contribution is 2.20. The average molecular weight is 404 g/mol. The summed E-state index contributed by atoms with van der Waals surface area (Å²) < 4.78 is 4.81. The first-order valence-electron chi connectivity index (χ1n) is 9.25. The molecular formula is C23H20N2O5. The number of ether oxygens (including phenoxy) is 1. The number of benzene rings is 3. The van der Waals surface area contributed by atoms with Gasteiger partial charge in [-0.3, -0.25) is 14.9 Å². The van der Waals surface area contributed by atoms with Crippen LogP contribution in [-0.2, 0) is 16.0 Å². The molecule has 0 bridgehead atoms. The van der Waals surface area contributed by atoms with E-state index in [2.05, 4.69) is 5.32 Å². The monoisotopic (exact) mass is 404 g/mol. The molecule has 0 heterocycles. The molecule has 0 aromatic heterocycles. The smallest absolute Gasteiger partial charge is 0.328 e. The summed E-state index contributed by atoms with van der Waals surface area (Å²) in [5.41, 5.74) is 2.85. The number of carbonyl (C=O) groups excluding carboxylic acids is 2. The van der Waals surface area contributed by atoms with Gasteiger partial charge in [-0.05, 0) is 22.8 Å². The normalized spacial score (nSPS) is 11.4. The molecule has 1 N–H and O–H groups in total. The van der Waals surface area contributed by atoms with Gasteiger partial charge in [-0.2, -0.15) is 0 Å². The molecule has 0 aliphatic heterocycles. The van der Waals surface area contributed by atoms with Gasteiger partial charge in [-0.15, -0.1) is 0 Å². The second kappa shape index (κ2) is 9.47. The van der Waals surface area contributed by atoms with Gasteiger partial charge in [0.2, 0.25) is 0 Å². The number of non-ortho nitro benzene ring substituents is 1. The zero-order valence-corrected chi connectivity index (χ0v) is 16.3. The quantitative estimate of drug-likeness (QED) is 0.367. The lowest BCUT2D eigenvalue weighted by Gasteiger charge is -2.17. The van der Waals surface area contributed by atoms with Gasteiger partial charge in [-0.25, -0.2) is 4.79 Å². The van der Waals surface area contributed by atoms with E-state index >= 15 is 0 Å². The van der Waals surface area contributed by atoms with Crippen molar-refractivity contribution in [1.82, 2.24) is 5.32 Å². The number of methoxy groups -OCH3 is 1. The number of hydrogen-bond donors (Lipinski definition) is 1. The number of nitro groups is 1. The van der Waals surface area contributed by atoms with Gasteiger partial charge in [0.05, 0.1) is 12.0 Å². The minimum Gasteiger partial charge on any atom is -0.467 e. The van der Waals surface area contributed by atoms with Gasteiger partial charge in [0, 0.05) is 24.1 Å². The van der Waals surface area contributed by atoms with Crippen LogP contribution in [0.4, 0.5) is 5.69 Å². The number of nitrogens with one attached hydrogen (secondary N) is 1. The van der Waals surface area contributed by atoms with E-state index in [-0.39, 0.29) is 17.7 Å². The van der Waals surface area contributed by atoms with Crippen LogP contribution >= 0.6 is 0 Å². The number of esters is 1. The Morgan fingerprint density at radius 3 is 2.27 bits per heavy atom. The SMILES string of the molecule is COC(=O)[C@@H](Cc1ccc(-c2ccccc2)cc1)NC(=O)c1cccc([N+](=O)[O-])c1. The summed E-state index contributed by atoms with van der Waals surface area (Å²) >= 11 is 0. The van der Waals surface area contributed by atoms with Gasteiger partial charge in [0.1, 0.15) is 6.04 Å². The molecule has 7 nitrogen and oxygen atoms in total. The summed E-state index contributed by atoms with van der Waals surface area (Å²) in [5, 5.41) is 13.5. The number of nitrogens with zero attached hydrogens (tertiary/aromatic N) is 1. The highest BCUT2D eigenvalue weighted by molar-refractivity contribution is 5.97. The number of carbonyl (C=O) groups is 2. The fourth-order valence-corrected chi connectivity index (χ4v) is 3.04. The molecule has 0 radical (unpaired) electrons. The van der Waals surface area contributed by atoms with Crippen LogP contribution in [0.25, 0.3) is 11.1 Å². The summed E-state index contributed by atoms with van der Waals surface area (Å²) in [6.45, 7) is 0. The predicted molar refractivity (Wildman–Crippen MR) is 112 cm³/mol. The topological polar surface area (TPSA) is 98.5 Å². The van der Waals surface area contributed by atoms with E-state index in [1.54, 1.807) is 0 Å². The second-order valence-corrected chi connectivity index (χ2v) is 6.62. The largest absolute Gasteiger partial charge is 0.467 e. The van der Waals surface area contributed by atoms with E-state index in [4.69, 9.17) is 4.74 Å². The first-order chi connectivity index (χ1) is 14.5. The van der Waals surface area contributed by atoms with Crippen molar-refractivity contribution in [2.24, 2.45) is 0 Å². The van der Waals surface area contributed by atoms with Gasteiger partial charge < -0.3 is 10.1 Å². The van der Waals surface area contributed by atoms with Crippen molar-refractivity contribution >= 4 is 17.6 Å². The van der Waals surface area contributed by atoms with E-state index in [0.717, 1.165) is 16.7 Å². The lowest BCUT2D eigenvalue weighted by molar-refractivity contribution is -0.384. The third-order valence-corrected chi connectivity index (χ3v) is 4.61. The molecule has 3 rings (SSSR count). The minimum absolute atomic E-state index is 0.0949. The summed E-state index contributed by atoms with van der Waals surface area (Å²) in [6.07, 6.45) is 0.225. The molecular weight excluding hydrogens is 384 g/mol. The number of amides is 1. The molecule has 152 valence electrons. The number of nitro benzene ring substituents is 1. The Hall–Kier alpha value is -4.00. The van der Waals surface area contributed by atoms with Crippen molar-refractivity contribution in [1.29, 1.82) is 0 Å². The van der Waals surface area contributed by atoms with Crippen LogP contribution < -0.4 is 5.32 Å². The molecule has 0 saturated heterocycles. The van der Waals surface area contributed by atoms with Crippen molar-refractivity contribution in [3.05, 3.63) is 100 Å². The average Bonchev–Trinajstić information content (AvgIpc) is 2.79. The molecule has 0 saturated carbocycles. The Balaban J connectivity index is 1.75. The highest BCUT2D eigenvalue weighted by Gasteiger charge is 2.23. The van der Waals surface area contributed by atoms with Crippen molar-refractivity contribution < 1.29 is 19.2 Å². The van der Waals surface area contributed by atoms with Crippen LogP contribution in [0.1, 0.15) is 15.9 Å². The van der Waals surface area contributed by atoms with E-state index in [1.165, 1.54) is 31.4 Å². The van der Waals surface area contributed by atoms with Crippen LogP contribution in [-0.4, -0.2) is 30.0 Å². The highest BCUT2D eigenvalue weighted by atomic mass is 16.6. The molecule has 0 spiro atoms. The standard InChI is InChI=1S/C23H20N2O5/c1-30-23(27)21(24-22(26)19-8-5-9-20(15-19)25(28)29)14-16-10-12-18(13-11-16)17-6-3-2-4-7-17/h2-13,15,21H,14H2,1H3,(H,24,26)/t21-/m1/s1. The maximum atomic E-state index is 12.5. The van der Waals surface area contributed by atoms with Gasteiger partial charge in [0.15, 0.2) is 0 Å². The van der Waals surface area contributed by atoms with Crippen molar-refractivity contribution in [2.45, 2.75) is 12.5 Å². The zero-order chi connectivity index (χ0) is 21.5. The van der Waals surface area contributed by atoms with Crippen LogP contribution in [0.15, 0.2) is 78.9 Å². The lowest BCUT2D eigenvalue weighted by atomic mass is 10.0. The van der Waals surface area contributed by atoms with Crippen molar-refractivity contribution in [3.63, 3.8) is 0 Å². The third kappa shape index (κ3) is 5.08. The lowest BCUT2D eigenvalue weighted by Crippen LogP contribution is -2.43. The van der Waals surface area contributed by atoms with Crippen molar-refractivity contribution in [3.8, 4) is 11.1 Å². The molecule has 1 amide bonds. The molecule has 0 fully saturated rings. The summed E-state index contributed by atoms with van der Waals surface area (Å²) in [7, 11) is 1.24. The molecule has 3 aromatic rings. The van der Waals surface area contributed by atoms with Gasteiger partial charge in [0.25, 0.3) is 11.6 Å². The van der Waals surface area contributed by atoms with Crippen LogP contribution in [0.3, 0.4) is 0 Å². The van der Waals surface area contributed by atoms with E-state index < -0.39 is 22.8 Å². The molecule has 0 aliphatic rings. The Bertz CT molecular complexity index is 1050. The number of rotatable bonds is 7. The van der Waals surface area contributed by atoms with Crippen LogP contribution in [0, 0.1) is 10.1 Å². The molecule has 0 aliphatic carbocycles. The van der Waals surface area contributed by atoms with Gasteiger partial charge in [-0.1, -0.05) is 60.7 Å². The molecule has 7 heteroatoms. The van der Waals surface area contributed by atoms with Crippen LogP contribution in [0.5, 0.6) is 0 Å². The second-order valence-electron chi connectivity index (χ2n) is 6.62. The Morgan fingerprint density at radius 1 is 0.967 bits per heavy atom. The number of hydrogen-bond acceptors (Lipinski definition) is 5. The fraction of sp³-hybridized carbons (Fsp3) is 0.130. The van der Waals surface area contributed by atoms with E-state index in [0.29, 0.717) is 0 Å². The van der Waals surface area contributed by atoms with Gasteiger partial charge >= 0.3 is 5.97 Å². The minimum atomic E-state index is -0.927. The van der Waals surface area contributed by atoms with Crippen molar-refractivity contribution in [2.75, 3.05) is 7.11 Å². The molecule has 30 heavy (non-hydrogen) atoms. The Kier molecular flexibility index (Phi) is 6.54. The fourth-order valence-electron chi connectivity index (χ4n) is 3.04. The van der Waals surface area contributed by atoms with E-state index in [9.17, 15) is 19.7 Å². The molecule has 1 atom stereocenters. The first kappa shape index (κ1) is 20.7. The van der Waals surface area contributed by atoms with E-state index in [1.807, 2.05) is 54.6 Å². The Morgan fingerprint density at radius 2 is 1.63 bits per heavy atom. The first-order valence-corrected chi connectivity index (χ1v) is 9.25. The zero-order valence-electron chi connectivity index (χ0n) is 16.3. The molecule has 3 aromatic carbocycles. The summed E-state index contributed by atoms with van der Waals surface area (Å²) in [5.74, 6) is -1.18. The third-order valence-electron chi connectivity index (χ3n) is 4.61. The maximum Gasteiger partial charge on any atom is 0.328 e. The Labute approximate surface area is 173 Å². The predicted octanol–water partition coefficient (Wildman–Crippen LogP) is 3.78. The molecule has 0 unspecified atom stereocenters. The summed E-state index contributed by atoms with van der Waals surface area (Å²) in [4.78, 5) is 35.1. The maximum absolute atomic E-state index is 12.5. The summed E-state index contributed by atoms with van der Waals surface area (Å²) in [6, 6.07) is 21.9.